The minimum atomic E-state index is -3.72. The van der Waals surface area contributed by atoms with Crippen LogP contribution in [0, 0.1) is 11.8 Å². The maximum atomic E-state index is 11.7. The summed E-state index contributed by atoms with van der Waals surface area (Å²) in [6, 6.07) is 5.07. The summed E-state index contributed by atoms with van der Waals surface area (Å²) < 4.78 is 25.7. The summed E-state index contributed by atoms with van der Waals surface area (Å²) in [6.07, 6.45) is 9.05. The molecule has 0 amide bonds. The molecule has 0 radical (unpaired) electrons. The van der Waals surface area contributed by atoms with Crippen molar-refractivity contribution in [1.29, 1.82) is 0 Å². The highest BCUT2D eigenvalue weighted by atomic mass is 32.2. The Kier molecular flexibility index (Phi) is 5.76. The normalized spacial score (nSPS) is 23.8. The van der Waals surface area contributed by atoms with Crippen LogP contribution in [0.1, 0.15) is 57.7 Å². The number of sulfonamides is 1. The van der Waals surface area contributed by atoms with Crippen LogP contribution in [0.4, 0.5) is 0 Å². The number of aryl methyl sites for hydroxylation is 1. The molecular weight excluding hydrogens is 372 g/mol. The minimum Gasteiger partial charge on any atom is -0.327 e. The SMILES string of the molecule is CCCCn1c(CN2CC[C@H]3CCCC[C@@H]3C2)nc2cc(S(N)(=O)=O)ccc21. The summed E-state index contributed by atoms with van der Waals surface area (Å²) in [5.74, 6) is 2.80. The van der Waals surface area contributed by atoms with E-state index in [1.54, 1.807) is 12.1 Å². The molecule has 6 nitrogen and oxygen atoms in total. The van der Waals surface area contributed by atoms with Gasteiger partial charge in [-0.05, 0) is 55.8 Å². The van der Waals surface area contributed by atoms with E-state index in [9.17, 15) is 8.42 Å². The molecule has 0 bridgehead atoms. The topological polar surface area (TPSA) is 81.2 Å². The first-order valence-corrected chi connectivity index (χ1v) is 12.2. The third-order valence-electron chi connectivity index (χ3n) is 6.60. The van der Waals surface area contributed by atoms with Gasteiger partial charge in [-0.1, -0.05) is 32.6 Å². The van der Waals surface area contributed by atoms with E-state index in [-0.39, 0.29) is 4.90 Å². The van der Waals surface area contributed by atoms with Crippen molar-refractivity contribution in [3.05, 3.63) is 24.0 Å². The highest BCUT2D eigenvalue weighted by molar-refractivity contribution is 7.89. The van der Waals surface area contributed by atoms with Gasteiger partial charge in [0.05, 0.1) is 22.5 Å². The fourth-order valence-electron chi connectivity index (χ4n) is 5.04. The van der Waals surface area contributed by atoms with E-state index in [0.29, 0.717) is 0 Å². The Labute approximate surface area is 168 Å². The molecule has 1 aliphatic heterocycles. The first-order chi connectivity index (χ1) is 13.5. The lowest BCUT2D eigenvalue weighted by molar-refractivity contribution is 0.0796. The van der Waals surface area contributed by atoms with Crippen LogP contribution in [0.25, 0.3) is 11.0 Å². The molecule has 4 rings (SSSR count). The van der Waals surface area contributed by atoms with Crippen molar-refractivity contribution in [2.24, 2.45) is 17.0 Å². The van der Waals surface area contributed by atoms with Gasteiger partial charge in [-0.3, -0.25) is 4.90 Å². The lowest BCUT2D eigenvalue weighted by Gasteiger charge is -2.41. The number of nitrogens with two attached hydrogens (primary N) is 1. The van der Waals surface area contributed by atoms with Crippen molar-refractivity contribution in [1.82, 2.24) is 14.5 Å². The summed E-state index contributed by atoms with van der Waals surface area (Å²) >= 11 is 0. The van der Waals surface area contributed by atoms with Gasteiger partial charge in [-0.25, -0.2) is 18.5 Å². The monoisotopic (exact) mass is 404 g/mol. The number of rotatable bonds is 6. The van der Waals surface area contributed by atoms with Crippen molar-refractivity contribution in [3.8, 4) is 0 Å². The molecule has 154 valence electrons. The smallest absolute Gasteiger partial charge is 0.238 e. The number of unbranched alkanes of at least 4 members (excludes halogenated alkanes) is 1. The molecule has 28 heavy (non-hydrogen) atoms. The summed E-state index contributed by atoms with van der Waals surface area (Å²) in [7, 11) is -3.72. The number of likely N-dealkylation sites (tertiary alicyclic amines) is 1. The van der Waals surface area contributed by atoms with Crippen LogP contribution in [0.2, 0.25) is 0 Å². The van der Waals surface area contributed by atoms with E-state index in [4.69, 9.17) is 10.1 Å². The van der Waals surface area contributed by atoms with Crippen LogP contribution in [-0.2, 0) is 23.1 Å². The molecule has 2 aromatic rings. The fourth-order valence-corrected chi connectivity index (χ4v) is 5.58. The predicted molar refractivity (Wildman–Crippen MR) is 111 cm³/mol. The lowest BCUT2D eigenvalue weighted by Crippen LogP contribution is -2.41. The zero-order valence-electron chi connectivity index (χ0n) is 16.8. The molecule has 1 aromatic carbocycles. The van der Waals surface area contributed by atoms with Crippen molar-refractivity contribution in [2.75, 3.05) is 13.1 Å². The standard InChI is InChI=1S/C21H32N4O2S/c1-2-3-11-25-20-9-8-18(28(22,26)27)13-19(20)23-21(25)15-24-12-10-16-6-4-5-7-17(16)14-24/h8-9,13,16-17H,2-7,10-12,14-15H2,1H3,(H2,22,26,27)/t16-,17-/m1/s1. The first-order valence-electron chi connectivity index (χ1n) is 10.7. The second-order valence-corrected chi connectivity index (χ2v) is 10.1. The van der Waals surface area contributed by atoms with Gasteiger partial charge in [-0.15, -0.1) is 0 Å². The van der Waals surface area contributed by atoms with Crippen LogP contribution in [-0.4, -0.2) is 36.0 Å². The third kappa shape index (κ3) is 4.11. The quantitative estimate of drug-likeness (QED) is 0.799. The van der Waals surface area contributed by atoms with Gasteiger partial charge < -0.3 is 4.57 Å². The van der Waals surface area contributed by atoms with Gasteiger partial charge in [-0.2, -0.15) is 0 Å². The average Bonchev–Trinajstić information content (AvgIpc) is 3.01. The lowest BCUT2D eigenvalue weighted by atomic mass is 9.75. The molecule has 2 heterocycles. The van der Waals surface area contributed by atoms with E-state index in [0.717, 1.165) is 61.2 Å². The van der Waals surface area contributed by atoms with Crippen LogP contribution >= 0.6 is 0 Å². The largest absolute Gasteiger partial charge is 0.327 e. The Morgan fingerprint density at radius 1 is 1.18 bits per heavy atom. The molecule has 2 atom stereocenters. The van der Waals surface area contributed by atoms with Gasteiger partial charge in [0, 0.05) is 13.1 Å². The first kappa shape index (κ1) is 19.9. The number of primary sulfonamides is 1. The fraction of sp³-hybridized carbons (Fsp3) is 0.667. The van der Waals surface area contributed by atoms with E-state index in [1.807, 2.05) is 6.07 Å². The van der Waals surface area contributed by atoms with Crippen LogP contribution in [0.15, 0.2) is 23.1 Å². The molecule has 2 aliphatic rings. The Hall–Kier alpha value is -1.44. The van der Waals surface area contributed by atoms with Gasteiger partial charge in [0.2, 0.25) is 10.0 Å². The van der Waals surface area contributed by atoms with Gasteiger partial charge >= 0.3 is 0 Å². The minimum absolute atomic E-state index is 0.134. The molecule has 2 fully saturated rings. The molecule has 0 unspecified atom stereocenters. The molecule has 2 N–H and O–H groups in total. The number of aromatic nitrogens is 2. The summed E-state index contributed by atoms with van der Waals surface area (Å²) in [4.78, 5) is 7.53. The molecule has 1 aliphatic carbocycles. The van der Waals surface area contributed by atoms with Gasteiger partial charge in [0.1, 0.15) is 5.82 Å². The van der Waals surface area contributed by atoms with E-state index in [1.165, 1.54) is 38.6 Å². The Morgan fingerprint density at radius 2 is 1.96 bits per heavy atom. The number of nitrogens with zero attached hydrogens (tertiary/aromatic N) is 3. The van der Waals surface area contributed by atoms with E-state index >= 15 is 0 Å². The number of imidazole rings is 1. The summed E-state index contributed by atoms with van der Waals surface area (Å²) in [6.45, 7) is 6.25. The van der Waals surface area contributed by atoms with Crippen molar-refractivity contribution in [3.63, 3.8) is 0 Å². The number of fused-ring (bicyclic) bond motifs is 2. The number of hydrogen-bond acceptors (Lipinski definition) is 4. The highest BCUT2D eigenvalue weighted by Crippen LogP contribution is 2.36. The maximum absolute atomic E-state index is 11.7. The van der Waals surface area contributed by atoms with Crippen LogP contribution < -0.4 is 5.14 Å². The van der Waals surface area contributed by atoms with Crippen molar-refractivity contribution in [2.45, 2.75) is 69.9 Å². The highest BCUT2D eigenvalue weighted by Gasteiger charge is 2.31. The number of benzene rings is 1. The zero-order chi connectivity index (χ0) is 19.7. The van der Waals surface area contributed by atoms with Crippen molar-refractivity contribution >= 4 is 21.1 Å². The summed E-state index contributed by atoms with van der Waals surface area (Å²) in [5.41, 5.74) is 1.73. The molecule has 1 saturated carbocycles. The molecule has 1 aromatic heterocycles. The second-order valence-electron chi connectivity index (χ2n) is 8.56. The van der Waals surface area contributed by atoms with Crippen molar-refractivity contribution < 1.29 is 8.42 Å². The Morgan fingerprint density at radius 3 is 2.71 bits per heavy atom. The molecule has 7 heteroatoms. The predicted octanol–water partition coefficient (Wildman–Crippen LogP) is 3.50. The molecule has 0 spiro atoms. The van der Waals surface area contributed by atoms with Crippen LogP contribution in [0.3, 0.4) is 0 Å². The average molecular weight is 405 g/mol. The Bertz CT molecular complexity index is 937. The van der Waals surface area contributed by atoms with Crippen LogP contribution in [0.5, 0.6) is 0 Å². The molecule has 1 saturated heterocycles. The third-order valence-corrected chi connectivity index (χ3v) is 7.51. The number of piperidine rings is 1. The summed E-state index contributed by atoms with van der Waals surface area (Å²) in [5, 5.41) is 5.31. The van der Waals surface area contributed by atoms with Gasteiger partial charge in [0.25, 0.3) is 0 Å². The second kappa shape index (κ2) is 8.13. The molecular formula is C21H32N4O2S. The Balaban J connectivity index is 1.61. The maximum Gasteiger partial charge on any atom is 0.238 e. The van der Waals surface area contributed by atoms with E-state index < -0.39 is 10.0 Å². The number of hydrogen-bond donors (Lipinski definition) is 1. The van der Waals surface area contributed by atoms with E-state index in [2.05, 4.69) is 16.4 Å². The zero-order valence-corrected chi connectivity index (χ0v) is 17.6. The van der Waals surface area contributed by atoms with Gasteiger partial charge in [0.15, 0.2) is 0 Å².